The molecule has 0 saturated carbocycles. The summed E-state index contributed by atoms with van der Waals surface area (Å²) in [6.45, 7) is 3.86. The van der Waals surface area contributed by atoms with E-state index in [4.69, 9.17) is 19.9 Å². The number of urea groups is 2. The highest BCUT2D eigenvalue weighted by Gasteiger charge is 2.76. The van der Waals surface area contributed by atoms with Gasteiger partial charge in [-0.15, -0.1) is 0 Å². The lowest BCUT2D eigenvalue weighted by atomic mass is 9.64. The Morgan fingerprint density at radius 2 is 1.55 bits per heavy atom. The van der Waals surface area contributed by atoms with Gasteiger partial charge in [0, 0.05) is 44.1 Å². The lowest BCUT2D eigenvalue weighted by molar-refractivity contribution is -0.179. The number of hydrogen-bond donors (Lipinski definition) is 4. The van der Waals surface area contributed by atoms with Gasteiger partial charge >= 0.3 is 24.0 Å². The van der Waals surface area contributed by atoms with E-state index in [0.717, 1.165) is 4.90 Å². The number of morpholine rings is 1. The topological polar surface area (TPSA) is 239 Å². The summed E-state index contributed by atoms with van der Waals surface area (Å²) in [6.07, 6.45) is 2.28. The number of cyclic esters (lactones) is 1. The van der Waals surface area contributed by atoms with Crippen molar-refractivity contribution in [1.82, 2.24) is 30.4 Å². The van der Waals surface area contributed by atoms with Gasteiger partial charge in [-0.2, -0.15) is 0 Å². The van der Waals surface area contributed by atoms with Crippen LogP contribution in [0.4, 0.5) is 21.2 Å². The van der Waals surface area contributed by atoms with Crippen molar-refractivity contribution in [3.05, 3.63) is 149 Å². The lowest BCUT2D eigenvalue weighted by Crippen LogP contribution is -2.60. The monoisotopic (exact) mass is 989 g/mol. The van der Waals surface area contributed by atoms with Crippen molar-refractivity contribution < 1.29 is 48.1 Å². The Bertz CT molecular complexity index is 2950. The number of benzene rings is 4. The van der Waals surface area contributed by atoms with Crippen molar-refractivity contribution in [2.75, 3.05) is 62.8 Å². The predicted octanol–water partition coefficient (Wildman–Crippen LogP) is 3.79. The molecule has 6 amide bonds. The molecule has 0 bridgehead atoms. The van der Waals surface area contributed by atoms with Gasteiger partial charge in [-0.1, -0.05) is 98.5 Å². The van der Waals surface area contributed by atoms with Gasteiger partial charge < -0.3 is 45.5 Å². The van der Waals surface area contributed by atoms with Crippen molar-refractivity contribution >= 4 is 47.5 Å². The van der Waals surface area contributed by atoms with Crippen LogP contribution in [0.3, 0.4) is 0 Å². The minimum atomic E-state index is -2.16. The van der Waals surface area contributed by atoms with Gasteiger partial charge in [0.2, 0.25) is 17.8 Å². The molecular weight excluding hydrogens is 935 g/mol. The van der Waals surface area contributed by atoms with E-state index in [1.165, 1.54) is 7.11 Å². The smallest absolute Gasteiger partial charge is 0.329 e. The number of nitrogens with zero attached hydrogens (tertiary/aromatic N) is 6. The summed E-state index contributed by atoms with van der Waals surface area (Å²) < 4.78 is 17.7. The third kappa shape index (κ3) is 9.26. The van der Waals surface area contributed by atoms with E-state index in [9.17, 15) is 14.7 Å². The second kappa shape index (κ2) is 21.2. The van der Waals surface area contributed by atoms with Crippen molar-refractivity contribution in [2.45, 2.75) is 49.5 Å². The van der Waals surface area contributed by atoms with E-state index in [0.29, 0.717) is 47.0 Å². The number of piperazine rings is 1. The molecule has 5 aromatic rings. The number of aliphatic hydroxyl groups is 1. The van der Waals surface area contributed by atoms with Crippen molar-refractivity contribution in [3.8, 4) is 17.6 Å². The van der Waals surface area contributed by atoms with Gasteiger partial charge in [-0.05, 0) is 64.6 Å². The number of esters is 2. The molecule has 7 atom stereocenters. The van der Waals surface area contributed by atoms with Gasteiger partial charge in [0.25, 0.3) is 0 Å². The summed E-state index contributed by atoms with van der Waals surface area (Å²) in [7, 11) is 1.20. The highest BCUT2D eigenvalue weighted by atomic mass is 16.6. The van der Waals surface area contributed by atoms with Crippen LogP contribution in [0.1, 0.15) is 59.9 Å². The Labute approximate surface area is 421 Å². The number of nitrogens with two attached hydrogens (primary N) is 1. The highest BCUT2D eigenvalue weighted by molar-refractivity contribution is 6.25. The fraction of sp³-hybridized carbons (Fsp3) is 0.333. The van der Waals surface area contributed by atoms with Crippen LogP contribution in [0.25, 0.3) is 0 Å². The molecule has 4 aromatic carbocycles. The molecule has 73 heavy (non-hydrogen) atoms. The van der Waals surface area contributed by atoms with Gasteiger partial charge in [-0.3, -0.25) is 19.3 Å². The van der Waals surface area contributed by atoms with Crippen LogP contribution in [0.2, 0.25) is 0 Å². The largest absolute Gasteiger partial charge is 0.491 e. The Hall–Kier alpha value is -8.34. The molecule has 5 heterocycles. The maximum Gasteiger partial charge on any atom is 0.329 e. The van der Waals surface area contributed by atoms with Gasteiger partial charge in [0.1, 0.15) is 36.0 Å². The number of carbonyl (C=O) groups excluding carboxylic acids is 6. The molecule has 1 spiro atoms. The van der Waals surface area contributed by atoms with Crippen LogP contribution in [0, 0.1) is 23.7 Å². The molecule has 0 unspecified atom stereocenters. The first-order chi connectivity index (χ1) is 35.4. The first-order valence-electron chi connectivity index (χ1n) is 24.0. The maximum atomic E-state index is 16.8. The van der Waals surface area contributed by atoms with Crippen LogP contribution in [-0.4, -0.2) is 126 Å². The number of aliphatic hydroxyl groups excluding tert-OH is 1. The number of anilines is 2. The molecular formula is C54H55N9O10. The number of fused-ring (bicyclic) bond motifs is 3. The summed E-state index contributed by atoms with van der Waals surface area (Å²) in [5.74, 6) is 1.69. The fourth-order valence-electron chi connectivity index (χ4n) is 10.8. The van der Waals surface area contributed by atoms with E-state index in [1.54, 1.807) is 79.7 Å². The van der Waals surface area contributed by atoms with E-state index >= 15 is 19.2 Å². The molecule has 3 fully saturated rings. The zero-order valence-corrected chi connectivity index (χ0v) is 40.4. The third-order valence-corrected chi connectivity index (χ3v) is 13.9. The number of carbonyl (C=O) groups is 6. The van der Waals surface area contributed by atoms with E-state index in [2.05, 4.69) is 32.4 Å². The number of primary amides is 1. The van der Waals surface area contributed by atoms with Crippen molar-refractivity contribution in [1.29, 1.82) is 0 Å². The molecule has 5 N–H and O–H groups in total. The second-order valence-electron chi connectivity index (χ2n) is 18.4. The van der Waals surface area contributed by atoms with E-state index in [-0.39, 0.29) is 44.1 Å². The number of nitrogens with one attached hydrogen (secondary N) is 2. The average molecular weight is 990 g/mol. The molecule has 0 radical (unpaired) electrons. The zero-order valence-electron chi connectivity index (χ0n) is 40.4. The lowest BCUT2D eigenvalue weighted by Gasteiger charge is -2.46. The van der Waals surface area contributed by atoms with E-state index < -0.39 is 83.3 Å². The molecule has 3 saturated heterocycles. The Balaban J connectivity index is 1.33. The van der Waals surface area contributed by atoms with Crippen molar-refractivity contribution in [2.24, 2.45) is 17.6 Å². The Kier molecular flexibility index (Phi) is 14.4. The summed E-state index contributed by atoms with van der Waals surface area (Å²) in [6, 6.07) is 25.4. The van der Waals surface area contributed by atoms with Gasteiger partial charge in [0.05, 0.1) is 44.0 Å². The van der Waals surface area contributed by atoms with Gasteiger partial charge in [-0.25, -0.2) is 29.3 Å². The minimum absolute atomic E-state index is 0.0681. The highest BCUT2D eigenvalue weighted by Crippen LogP contribution is 2.66. The van der Waals surface area contributed by atoms with Crippen LogP contribution >= 0.6 is 0 Å². The number of amides is 6. The molecule has 4 aliphatic rings. The molecule has 19 nitrogen and oxygen atoms in total. The average Bonchev–Trinajstić information content (AvgIpc) is 3.87. The molecule has 376 valence electrons. The minimum Gasteiger partial charge on any atom is -0.491 e. The number of imide groups is 1. The summed E-state index contributed by atoms with van der Waals surface area (Å²) >= 11 is 0. The SMILES string of the molecule is COC(=O)[C@@H](NC(=O)N1C(=O)[C@@]2(c3cc(C#CCNC(N)=O)ccc31)[C@H](c1cccc(OCCO)c1)N1[C@H](c3ccccc3)[C@H](c3ccccc3)OC(=O)[C@H]1[C@@H]2C(=O)N1CCN(c2ncccn2)CC1)C(C)C. The van der Waals surface area contributed by atoms with Crippen LogP contribution in [-0.2, 0) is 34.1 Å². The quantitative estimate of drug-likeness (QED) is 0.103. The number of hydrogen-bond acceptors (Lipinski definition) is 14. The molecule has 0 aliphatic carbocycles. The Morgan fingerprint density at radius 1 is 0.863 bits per heavy atom. The number of methoxy groups -OCH3 is 1. The summed E-state index contributed by atoms with van der Waals surface area (Å²) in [5.41, 5.74) is 5.56. The zero-order chi connectivity index (χ0) is 51.4. The molecule has 9 rings (SSSR count). The molecule has 19 heteroatoms. The standard InChI is InChI=1S/C54H55N9O10/c1-33(2)42(48(66)71-3)59-53(70)62-40-21-20-34(13-11-22-56-51(55)69)31-39(40)54(50(62)68)41(47(65)60-25-27-61(28-26-60)52-57-23-12-24-58-52)44-49(67)73-45(36-16-8-5-9-17-36)43(35-14-6-4-7-15-35)63(44)46(54)37-18-10-19-38(32-37)72-30-29-64/h4-10,12,14-21,23-24,31-33,41-46,64H,22,25-30H2,1-3H3,(H,59,70)(H3,55,56,69)/t41-,42+,43-,44-,45+,46+,54-/m1/s1. The number of ether oxygens (including phenoxy) is 3. The molecule has 1 aromatic heterocycles. The first kappa shape index (κ1) is 49.6. The van der Waals surface area contributed by atoms with Crippen LogP contribution < -0.4 is 30.9 Å². The summed E-state index contributed by atoms with van der Waals surface area (Å²) in [4.78, 5) is 104. The van der Waals surface area contributed by atoms with Crippen molar-refractivity contribution in [3.63, 3.8) is 0 Å². The maximum absolute atomic E-state index is 16.8. The normalized spacial score (nSPS) is 22.6. The number of rotatable bonds is 12. The fourth-order valence-corrected chi connectivity index (χ4v) is 10.8. The third-order valence-electron chi connectivity index (χ3n) is 13.9. The first-order valence-corrected chi connectivity index (χ1v) is 24.0. The summed E-state index contributed by atoms with van der Waals surface area (Å²) in [5, 5.41) is 15.1. The second-order valence-corrected chi connectivity index (χ2v) is 18.4. The number of aromatic nitrogens is 2. The predicted molar refractivity (Wildman–Crippen MR) is 265 cm³/mol. The molecule has 4 aliphatic heterocycles. The van der Waals surface area contributed by atoms with Crippen LogP contribution in [0.5, 0.6) is 5.75 Å². The Morgan fingerprint density at radius 3 is 2.21 bits per heavy atom. The van der Waals surface area contributed by atoms with Gasteiger partial charge in [0.15, 0.2) is 0 Å². The van der Waals surface area contributed by atoms with E-state index in [1.807, 2.05) is 70.5 Å². The van der Waals surface area contributed by atoms with Crippen LogP contribution in [0.15, 0.2) is 122 Å².